The van der Waals surface area contributed by atoms with Crippen molar-refractivity contribution in [1.82, 2.24) is 0 Å². The summed E-state index contributed by atoms with van der Waals surface area (Å²) in [6.07, 6.45) is 0.110. The number of benzene rings is 1. The van der Waals surface area contributed by atoms with Crippen LogP contribution in [0.15, 0.2) is 30.3 Å². The molecule has 1 aromatic carbocycles. The van der Waals surface area contributed by atoms with E-state index >= 15 is 0 Å². The van der Waals surface area contributed by atoms with Crippen molar-refractivity contribution in [2.75, 3.05) is 4.72 Å². The van der Waals surface area contributed by atoms with E-state index in [1.54, 1.807) is 0 Å². The van der Waals surface area contributed by atoms with E-state index in [9.17, 15) is 0 Å². The van der Waals surface area contributed by atoms with Crippen LogP contribution in [0.25, 0.3) is 0 Å². The minimum absolute atomic E-state index is 0.0552. The average Bonchev–Trinajstić information content (AvgIpc) is 2.26. The summed E-state index contributed by atoms with van der Waals surface area (Å²) in [6, 6.07) is 9.88. The van der Waals surface area contributed by atoms with Gasteiger partial charge in [0.05, 0.1) is 12.2 Å². The number of nitrogens with one attached hydrogen (secondary N) is 1. The Labute approximate surface area is 119 Å². The zero-order valence-corrected chi connectivity index (χ0v) is 13.6. The Bertz CT molecular complexity index is 384. The maximum atomic E-state index is 5.77. The van der Waals surface area contributed by atoms with Crippen LogP contribution in [0.2, 0.25) is 0 Å². The molecule has 6 heteroatoms. The molecule has 0 aliphatic heterocycles. The van der Waals surface area contributed by atoms with Crippen molar-refractivity contribution in [3.63, 3.8) is 0 Å². The third kappa shape index (κ3) is 6.21. The van der Waals surface area contributed by atoms with Crippen LogP contribution in [-0.2, 0) is 20.9 Å². The van der Waals surface area contributed by atoms with Gasteiger partial charge < -0.3 is 13.8 Å². The Kier molecular flexibility index (Phi) is 6.67. The number of rotatable bonds is 7. The number of hydrogen-bond donors (Lipinski definition) is 1. The zero-order chi connectivity index (χ0) is 13.6. The normalized spacial score (nSPS) is 12.1. The quantitative estimate of drug-likeness (QED) is 0.576. The molecular formula is C12H20NO2PS2. The van der Waals surface area contributed by atoms with Gasteiger partial charge in [0.1, 0.15) is 0 Å². The maximum Gasteiger partial charge on any atom is 0.268 e. The average molecular weight is 305 g/mol. The topological polar surface area (TPSA) is 30.5 Å². The highest BCUT2D eigenvalue weighted by Crippen LogP contribution is 2.62. The SMILES string of the molecule is CC(C)OP(=S)(OC(C)C)SNc1ccccc1. The Balaban J connectivity index is 2.64. The van der Waals surface area contributed by atoms with E-state index in [1.165, 1.54) is 11.6 Å². The lowest BCUT2D eigenvalue weighted by molar-refractivity contribution is 0.186. The highest BCUT2D eigenvalue weighted by molar-refractivity contribution is 8.68. The van der Waals surface area contributed by atoms with Gasteiger partial charge in [-0.2, -0.15) is 0 Å². The Morgan fingerprint density at radius 1 is 1.06 bits per heavy atom. The molecule has 0 atom stereocenters. The van der Waals surface area contributed by atoms with Gasteiger partial charge in [0.15, 0.2) is 0 Å². The van der Waals surface area contributed by atoms with Crippen molar-refractivity contribution < 1.29 is 9.05 Å². The Hall–Kier alpha value is -0.0600. The molecule has 0 saturated heterocycles. The number of hydrogen-bond acceptors (Lipinski definition) is 5. The van der Waals surface area contributed by atoms with Gasteiger partial charge in [0.25, 0.3) is 5.69 Å². The Morgan fingerprint density at radius 2 is 1.56 bits per heavy atom. The molecule has 1 aromatic rings. The summed E-state index contributed by atoms with van der Waals surface area (Å²) in [5, 5.41) is 0. The molecule has 1 N–H and O–H groups in total. The summed E-state index contributed by atoms with van der Waals surface area (Å²) in [7, 11) is 0. The third-order valence-electron chi connectivity index (χ3n) is 1.73. The van der Waals surface area contributed by atoms with Gasteiger partial charge in [-0.3, -0.25) is 0 Å². The van der Waals surface area contributed by atoms with E-state index in [4.69, 9.17) is 20.9 Å². The number of para-hydroxylation sites is 1. The minimum atomic E-state index is -2.36. The molecule has 0 heterocycles. The molecule has 0 spiro atoms. The molecule has 0 saturated carbocycles. The van der Waals surface area contributed by atoms with E-state index in [2.05, 4.69) is 4.72 Å². The third-order valence-corrected chi connectivity index (χ3v) is 6.29. The number of anilines is 1. The summed E-state index contributed by atoms with van der Waals surface area (Å²) in [5.74, 6) is 0. The van der Waals surface area contributed by atoms with Gasteiger partial charge in [0, 0.05) is 17.3 Å². The van der Waals surface area contributed by atoms with Crippen molar-refractivity contribution >= 4 is 34.8 Å². The molecule has 0 aromatic heterocycles. The van der Waals surface area contributed by atoms with Gasteiger partial charge in [-0.15, -0.1) is 0 Å². The summed E-state index contributed by atoms with van der Waals surface area (Å²) < 4.78 is 14.8. The minimum Gasteiger partial charge on any atom is -0.322 e. The van der Waals surface area contributed by atoms with Crippen molar-refractivity contribution in [1.29, 1.82) is 0 Å². The highest BCUT2D eigenvalue weighted by Gasteiger charge is 2.24. The fraction of sp³-hybridized carbons (Fsp3) is 0.500. The van der Waals surface area contributed by atoms with Gasteiger partial charge in [-0.05, 0) is 51.6 Å². The first kappa shape index (κ1) is 16.0. The summed E-state index contributed by atoms with van der Waals surface area (Å²) in [5.41, 5.74) is -1.36. The van der Waals surface area contributed by atoms with Crippen molar-refractivity contribution in [3.8, 4) is 0 Å². The summed E-state index contributed by atoms with van der Waals surface area (Å²) in [4.78, 5) is 0. The summed E-state index contributed by atoms with van der Waals surface area (Å²) >= 11 is 6.89. The van der Waals surface area contributed by atoms with E-state index in [-0.39, 0.29) is 12.2 Å². The van der Waals surface area contributed by atoms with Crippen molar-refractivity contribution in [2.24, 2.45) is 0 Å². The fourth-order valence-corrected chi connectivity index (χ4v) is 6.03. The van der Waals surface area contributed by atoms with Crippen LogP contribution in [0.4, 0.5) is 5.69 Å². The van der Waals surface area contributed by atoms with E-state index in [0.717, 1.165) is 5.69 Å². The molecule has 0 aliphatic rings. The van der Waals surface area contributed by atoms with Crippen LogP contribution in [-0.4, -0.2) is 12.2 Å². The van der Waals surface area contributed by atoms with E-state index in [0.29, 0.717) is 0 Å². The molecule has 0 radical (unpaired) electrons. The standard InChI is InChI=1S/C12H20NO2PS2/c1-10(2)14-16(17,15-11(3)4)18-13-12-8-6-5-7-9-12/h5-11,13H,1-4H3. The van der Waals surface area contributed by atoms with Crippen LogP contribution in [0.1, 0.15) is 27.7 Å². The van der Waals surface area contributed by atoms with Crippen molar-refractivity contribution in [2.45, 2.75) is 39.9 Å². The molecule has 18 heavy (non-hydrogen) atoms. The van der Waals surface area contributed by atoms with E-state index in [1.807, 2.05) is 58.0 Å². The molecule has 0 fully saturated rings. The smallest absolute Gasteiger partial charge is 0.268 e. The van der Waals surface area contributed by atoms with E-state index < -0.39 is 5.69 Å². The molecule has 102 valence electrons. The molecular weight excluding hydrogens is 285 g/mol. The predicted octanol–water partition coefficient (Wildman–Crippen LogP) is 4.82. The molecule has 0 bridgehead atoms. The second-order valence-electron chi connectivity index (χ2n) is 4.31. The first-order chi connectivity index (χ1) is 8.41. The molecule has 0 aliphatic carbocycles. The lowest BCUT2D eigenvalue weighted by atomic mass is 10.3. The predicted molar refractivity (Wildman–Crippen MR) is 84.4 cm³/mol. The zero-order valence-electron chi connectivity index (χ0n) is 11.1. The van der Waals surface area contributed by atoms with Crippen LogP contribution < -0.4 is 4.72 Å². The molecule has 0 amide bonds. The Morgan fingerprint density at radius 3 is 2.00 bits per heavy atom. The van der Waals surface area contributed by atoms with Crippen LogP contribution in [0, 0.1) is 0 Å². The highest BCUT2D eigenvalue weighted by atomic mass is 32.9. The summed E-state index contributed by atoms with van der Waals surface area (Å²) in [6.45, 7) is 7.86. The molecule has 0 unspecified atom stereocenters. The van der Waals surface area contributed by atoms with Gasteiger partial charge in [-0.25, -0.2) is 0 Å². The fourth-order valence-electron chi connectivity index (χ4n) is 1.20. The molecule has 1 rings (SSSR count). The van der Waals surface area contributed by atoms with Gasteiger partial charge in [-0.1, -0.05) is 18.2 Å². The van der Waals surface area contributed by atoms with Crippen LogP contribution in [0.3, 0.4) is 0 Å². The first-order valence-corrected chi connectivity index (χ1v) is 9.94. The van der Waals surface area contributed by atoms with Gasteiger partial charge >= 0.3 is 0 Å². The second kappa shape index (κ2) is 7.51. The first-order valence-electron chi connectivity index (χ1n) is 5.88. The van der Waals surface area contributed by atoms with Crippen molar-refractivity contribution in [3.05, 3.63) is 30.3 Å². The largest absolute Gasteiger partial charge is 0.322 e. The lowest BCUT2D eigenvalue weighted by Crippen LogP contribution is -2.07. The second-order valence-corrected chi connectivity index (χ2v) is 10.1. The maximum absolute atomic E-state index is 5.77. The van der Waals surface area contributed by atoms with Crippen LogP contribution >= 0.6 is 17.3 Å². The lowest BCUT2D eigenvalue weighted by Gasteiger charge is -2.25. The van der Waals surface area contributed by atoms with Gasteiger partial charge in [0.2, 0.25) is 0 Å². The monoisotopic (exact) mass is 305 g/mol. The molecule has 3 nitrogen and oxygen atoms in total. The van der Waals surface area contributed by atoms with Crippen LogP contribution in [0.5, 0.6) is 0 Å².